The Morgan fingerprint density at radius 3 is 1.56 bits per heavy atom. The SMILES string of the molecule is CCCCCCCCCCCCC/C=C/[C@@H](O)[C@H](CO[C@@H]1O[C@H](CO)[C@H](O)C(O)C1O)NC(=O)[C@@H](O)CCCCCCCCCCCCCCCC. The van der Waals surface area contributed by atoms with Gasteiger partial charge in [-0.15, -0.1) is 0 Å². The smallest absolute Gasteiger partial charge is 0.249 e. The largest absolute Gasteiger partial charge is 0.394 e. The third-order valence-electron chi connectivity index (χ3n) is 10.5. The van der Waals surface area contributed by atoms with Crippen LogP contribution in [0.5, 0.6) is 0 Å². The van der Waals surface area contributed by atoms with Crippen molar-refractivity contribution in [1.82, 2.24) is 5.32 Å². The first-order valence-electron chi connectivity index (χ1n) is 21.5. The highest BCUT2D eigenvalue weighted by Crippen LogP contribution is 2.23. The highest BCUT2D eigenvalue weighted by atomic mass is 16.7. The zero-order valence-electron chi connectivity index (χ0n) is 33.2. The molecule has 1 fully saturated rings. The molecule has 2 unspecified atom stereocenters. The summed E-state index contributed by atoms with van der Waals surface area (Å²) in [7, 11) is 0. The summed E-state index contributed by atoms with van der Waals surface area (Å²) >= 11 is 0. The number of aliphatic hydroxyl groups is 6. The fraction of sp³-hybridized carbons (Fsp3) is 0.929. The van der Waals surface area contributed by atoms with E-state index < -0.39 is 61.5 Å². The minimum Gasteiger partial charge on any atom is -0.394 e. The van der Waals surface area contributed by atoms with Crippen molar-refractivity contribution < 1.29 is 44.9 Å². The Hall–Kier alpha value is -1.11. The molecule has 1 saturated heterocycles. The minimum absolute atomic E-state index is 0.302. The maximum absolute atomic E-state index is 13.0. The fourth-order valence-corrected chi connectivity index (χ4v) is 6.87. The Balaban J connectivity index is 2.46. The number of nitrogens with one attached hydrogen (secondary N) is 1. The van der Waals surface area contributed by atoms with Crippen LogP contribution in [0.15, 0.2) is 12.2 Å². The number of amides is 1. The van der Waals surface area contributed by atoms with E-state index in [1.165, 1.54) is 122 Å². The van der Waals surface area contributed by atoms with Crippen LogP contribution in [-0.4, -0.2) is 98.7 Å². The molecule has 52 heavy (non-hydrogen) atoms. The highest BCUT2D eigenvalue weighted by molar-refractivity contribution is 5.80. The van der Waals surface area contributed by atoms with E-state index in [0.717, 1.165) is 44.9 Å². The number of aliphatic hydroxyl groups excluding tert-OH is 6. The number of carbonyl (C=O) groups excluding carboxylic acids is 1. The maximum atomic E-state index is 13.0. The van der Waals surface area contributed by atoms with Crippen LogP contribution in [0.25, 0.3) is 0 Å². The molecule has 10 nitrogen and oxygen atoms in total. The minimum atomic E-state index is -1.61. The number of hydrogen-bond donors (Lipinski definition) is 7. The van der Waals surface area contributed by atoms with E-state index in [0.29, 0.717) is 6.42 Å². The van der Waals surface area contributed by atoms with Gasteiger partial charge in [0.2, 0.25) is 5.91 Å². The van der Waals surface area contributed by atoms with Gasteiger partial charge in [0, 0.05) is 0 Å². The molecule has 1 aliphatic heterocycles. The molecule has 10 heteroatoms. The maximum Gasteiger partial charge on any atom is 0.249 e. The lowest BCUT2D eigenvalue weighted by molar-refractivity contribution is -0.302. The fourth-order valence-electron chi connectivity index (χ4n) is 6.87. The molecule has 7 N–H and O–H groups in total. The third kappa shape index (κ3) is 23.6. The lowest BCUT2D eigenvalue weighted by atomic mass is 9.99. The van der Waals surface area contributed by atoms with Gasteiger partial charge in [0.25, 0.3) is 0 Å². The summed E-state index contributed by atoms with van der Waals surface area (Å²) in [5.41, 5.74) is 0. The molecule has 0 radical (unpaired) electrons. The average molecular weight is 744 g/mol. The Morgan fingerprint density at radius 1 is 0.654 bits per heavy atom. The van der Waals surface area contributed by atoms with E-state index in [9.17, 15) is 35.4 Å². The number of carbonyl (C=O) groups is 1. The number of ether oxygens (including phenoxy) is 2. The van der Waals surface area contributed by atoms with Crippen LogP contribution < -0.4 is 5.32 Å². The first-order valence-corrected chi connectivity index (χ1v) is 21.5. The first-order chi connectivity index (χ1) is 25.3. The molecule has 0 bridgehead atoms. The van der Waals surface area contributed by atoms with Crippen molar-refractivity contribution in [3.05, 3.63) is 12.2 Å². The molecular formula is C42H81NO9. The number of unbranched alkanes of at least 4 members (excludes halogenated alkanes) is 24. The molecule has 0 aliphatic carbocycles. The van der Waals surface area contributed by atoms with Gasteiger partial charge >= 0.3 is 0 Å². The van der Waals surface area contributed by atoms with Gasteiger partial charge < -0.3 is 45.4 Å². The zero-order chi connectivity index (χ0) is 38.2. The van der Waals surface area contributed by atoms with Crippen molar-refractivity contribution in [2.24, 2.45) is 0 Å². The van der Waals surface area contributed by atoms with Crippen LogP contribution in [-0.2, 0) is 14.3 Å². The van der Waals surface area contributed by atoms with E-state index in [1.807, 2.05) is 6.08 Å². The van der Waals surface area contributed by atoms with Gasteiger partial charge in [0.1, 0.15) is 30.5 Å². The summed E-state index contributed by atoms with van der Waals surface area (Å²) < 4.78 is 11.1. The van der Waals surface area contributed by atoms with Crippen LogP contribution in [0.4, 0.5) is 0 Å². The van der Waals surface area contributed by atoms with E-state index in [1.54, 1.807) is 6.08 Å². The van der Waals surface area contributed by atoms with Gasteiger partial charge in [-0.25, -0.2) is 0 Å². The van der Waals surface area contributed by atoms with Crippen molar-refractivity contribution in [3.63, 3.8) is 0 Å². The Kier molecular flexibility index (Phi) is 31.3. The second-order valence-corrected chi connectivity index (χ2v) is 15.3. The zero-order valence-corrected chi connectivity index (χ0v) is 33.2. The topological polar surface area (TPSA) is 169 Å². The second-order valence-electron chi connectivity index (χ2n) is 15.3. The molecule has 0 aromatic carbocycles. The first kappa shape index (κ1) is 48.9. The number of allylic oxidation sites excluding steroid dienone is 1. The van der Waals surface area contributed by atoms with E-state index >= 15 is 0 Å². The van der Waals surface area contributed by atoms with Crippen LogP contribution in [0.1, 0.15) is 187 Å². The molecular weight excluding hydrogens is 662 g/mol. The van der Waals surface area contributed by atoms with Gasteiger partial charge in [-0.2, -0.15) is 0 Å². The summed E-state index contributed by atoms with van der Waals surface area (Å²) in [5, 5.41) is 64.5. The molecule has 1 aliphatic rings. The molecule has 0 spiro atoms. The van der Waals surface area contributed by atoms with E-state index in [4.69, 9.17) is 9.47 Å². The van der Waals surface area contributed by atoms with Gasteiger partial charge in [0.05, 0.1) is 25.4 Å². The van der Waals surface area contributed by atoms with Crippen molar-refractivity contribution in [2.45, 2.75) is 236 Å². The van der Waals surface area contributed by atoms with Crippen LogP contribution in [0.3, 0.4) is 0 Å². The monoisotopic (exact) mass is 744 g/mol. The van der Waals surface area contributed by atoms with Crippen molar-refractivity contribution in [2.75, 3.05) is 13.2 Å². The average Bonchev–Trinajstić information content (AvgIpc) is 3.14. The third-order valence-corrected chi connectivity index (χ3v) is 10.5. The van der Waals surface area contributed by atoms with Gasteiger partial charge in [-0.1, -0.05) is 180 Å². The molecule has 308 valence electrons. The van der Waals surface area contributed by atoms with Crippen LogP contribution in [0, 0.1) is 0 Å². The second kappa shape index (κ2) is 33.2. The summed E-state index contributed by atoms with van der Waals surface area (Å²) in [6, 6.07) is -0.973. The molecule has 1 heterocycles. The van der Waals surface area contributed by atoms with Gasteiger partial charge in [0.15, 0.2) is 6.29 Å². The lowest BCUT2D eigenvalue weighted by Gasteiger charge is -2.40. The Labute approximate surface area is 317 Å². The van der Waals surface area contributed by atoms with Crippen LogP contribution >= 0.6 is 0 Å². The standard InChI is InChI=1S/C42H81NO9/c1-3-5-7-9-11-13-15-17-19-21-23-25-27-29-31-36(46)41(50)43-34(33-51-42-40(49)39(48)38(47)37(32-44)52-42)35(45)30-28-26-24-22-20-18-16-14-12-10-8-6-4-2/h28,30,34-40,42,44-49H,3-27,29,31-33H2,1-2H3,(H,43,50)/b30-28+/t34-,35+,36-,37+,38-,39?,40?,42+/m0/s1. The van der Waals surface area contributed by atoms with E-state index in [2.05, 4.69) is 19.2 Å². The number of rotatable bonds is 35. The molecule has 8 atom stereocenters. The summed E-state index contributed by atoms with van der Waals surface area (Å²) in [6.45, 7) is 3.59. The molecule has 1 rings (SSSR count). The predicted molar refractivity (Wildman–Crippen MR) is 209 cm³/mol. The summed E-state index contributed by atoms with van der Waals surface area (Å²) in [5.74, 6) is -0.616. The van der Waals surface area contributed by atoms with E-state index in [-0.39, 0.29) is 6.61 Å². The Bertz CT molecular complexity index is 844. The number of hydrogen-bond acceptors (Lipinski definition) is 9. The molecule has 0 saturated carbocycles. The van der Waals surface area contributed by atoms with Crippen molar-refractivity contribution in [3.8, 4) is 0 Å². The summed E-state index contributed by atoms with van der Waals surface area (Å²) in [4.78, 5) is 13.0. The normalized spacial score (nSPS) is 22.5. The molecule has 1 amide bonds. The summed E-state index contributed by atoms with van der Waals surface area (Å²) in [6.07, 6.45) is 25.8. The van der Waals surface area contributed by atoms with Crippen molar-refractivity contribution in [1.29, 1.82) is 0 Å². The lowest BCUT2D eigenvalue weighted by Crippen LogP contribution is -2.60. The predicted octanol–water partition coefficient (Wildman–Crippen LogP) is 7.14. The van der Waals surface area contributed by atoms with Crippen molar-refractivity contribution >= 4 is 5.91 Å². The van der Waals surface area contributed by atoms with Gasteiger partial charge in [-0.3, -0.25) is 4.79 Å². The Morgan fingerprint density at radius 2 is 1.10 bits per heavy atom. The quantitative estimate of drug-likeness (QED) is 0.0264. The molecule has 0 aromatic rings. The van der Waals surface area contributed by atoms with Gasteiger partial charge in [-0.05, 0) is 19.3 Å². The molecule has 0 aromatic heterocycles. The highest BCUT2D eigenvalue weighted by Gasteiger charge is 2.44. The van der Waals surface area contributed by atoms with Crippen LogP contribution in [0.2, 0.25) is 0 Å².